The summed E-state index contributed by atoms with van der Waals surface area (Å²) in [5.74, 6) is 0.834. The van der Waals surface area contributed by atoms with E-state index in [4.69, 9.17) is 4.74 Å². The van der Waals surface area contributed by atoms with E-state index in [1.165, 1.54) is 0 Å². The van der Waals surface area contributed by atoms with Crippen molar-refractivity contribution in [2.24, 2.45) is 0 Å². The third-order valence-electron chi connectivity index (χ3n) is 3.84. The van der Waals surface area contributed by atoms with Gasteiger partial charge in [-0.05, 0) is 49.8 Å². The summed E-state index contributed by atoms with van der Waals surface area (Å²) in [6.45, 7) is 0.591. The number of aliphatic hydroxyl groups is 1. The Balaban J connectivity index is 1.66. The Hall–Kier alpha value is -1.75. The fourth-order valence-corrected chi connectivity index (χ4v) is 2.64. The van der Waals surface area contributed by atoms with Crippen LogP contribution in [0.2, 0.25) is 0 Å². The van der Waals surface area contributed by atoms with Gasteiger partial charge in [0.1, 0.15) is 5.75 Å². The van der Waals surface area contributed by atoms with Gasteiger partial charge >= 0.3 is 6.03 Å². The van der Waals surface area contributed by atoms with Gasteiger partial charge in [0.05, 0.1) is 13.2 Å². The van der Waals surface area contributed by atoms with Crippen molar-refractivity contribution in [1.82, 2.24) is 10.6 Å². The minimum Gasteiger partial charge on any atom is -0.497 e. The lowest BCUT2D eigenvalue weighted by molar-refractivity contribution is 0.113. The minimum absolute atomic E-state index is 0.0923. The van der Waals surface area contributed by atoms with Gasteiger partial charge in [0, 0.05) is 12.6 Å². The maximum Gasteiger partial charge on any atom is 0.315 e. The summed E-state index contributed by atoms with van der Waals surface area (Å²) < 4.78 is 5.10. The van der Waals surface area contributed by atoms with Crippen molar-refractivity contribution in [2.75, 3.05) is 13.7 Å². The normalized spacial score (nSPS) is 21.6. The van der Waals surface area contributed by atoms with Crippen molar-refractivity contribution >= 4 is 6.03 Å². The highest BCUT2D eigenvalue weighted by atomic mass is 16.5. The number of ether oxygens (including phenoxy) is 1. The molecule has 0 aromatic heterocycles. The first-order valence-corrected chi connectivity index (χ1v) is 7.52. The Kier molecular flexibility index (Phi) is 5.87. The molecule has 1 fully saturated rings. The highest BCUT2D eigenvalue weighted by Gasteiger charge is 2.21. The third-order valence-corrected chi connectivity index (χ3v) is 3.84. The second-order valence-electron chi connectivity index (χ2n) is 5.52. The molecule has 5 nitrogen and oxygen atoms in total. The fourth-order valence-electron chi connectivity index (χ4n) is 2.64. The van der Waals surface area contributed by atoms with Crippen LogP contribution in [0, 0.1) is 0 Å². The minimum atomic E-state index is -0.275. The van der Waals surface area contributed by atoms with Crippen molar-refractivity contribution < 1.29 is 14.6 Å². The van der Waals surface area contributed by atoms with Crippen LogP contribution in [0.4, 0.5) is 4.79 Å². The number of carbonyl (C=O) groups is 1. The average Bonchev–Trinajstić information content (AvgIpc) is 2.48. The fraction of sp³-hybridized carbons (Fsp3) is 0.562. The van der Waals surface area contributed by atoms with Gasteiger partial charge in [-0.25, -0.2) is 4.79 Å². The molecule has 0 spiro atoms. The first kappa shape index (κ1) is 15.6. The van der Waals surface area contributed by atoms with Crippen LogP contribution in [0.25, 0.3) is 0 Å². The van der Waals surface area contributed by atoms with Gasteiger partial charge in [0.15, 0.2) is 0 Å². The maximum absolute atomic E-state index is 11.8. The molecular formula is C16H24N2O3. The standard InChI is InChI=1S/C16H24N2O3/c1-21-15-7-5-12(6-8-15)9-10-17-16(20)18-13-3-2-4-14(19)11-13/h5-8,13-14,19H,2-4,9-11H2,1H3,(H2,17,18,20). The molecule has 116 valence electrons. The second kappa shape index (κ2) is 7.88. The van der Waals surface area contributed by atoms with Gasteiger partial charge in [0.2, 0.25) is 0 Å². The molecule has 21 heavy (non-hydrogen) atoms. The van der Waals surface area contributed by atoms with Crippen LogP contribution in [-0.2, 0) is 6.42 Å². The summed E-state index contributed by atoms with van der Waals surface area (Å²) in [4.78, 5) is 11.8. The lowest BCUT2D eigenvalue weighted by Crippen LogP contribution is -2.45. The Morgan fingerprint density at radius 3 is 2.76 bits per heavy atom. The molecule has 1 saturated carbocycles. The zero-order chi connectivity index (χ0) is 15.1. The van der Waals surface area contributed by atoms with Gasteiger partial charge in [-0.3, -0.25) is 0 Å². The van der Waals surface area contributed by atoms with E-state index in [9.17, 15) is 9.90 Å². The molecule has 0 aliphatic heterocycles. The summed E-state index contributed by atoms with van der Waals surface area (Å²) in [5.41, 5.74) is 1.16. The van der Waals surface area contributed by atoms with Gasteiger partial charge in [-0.15, -0.1) is 0 Å². The van der Waals surface area contributed by atoms with Crippen LogP contribution in [0.3, 0.4) is 0 Å². The first-order valence-electron chi connectivity index (χ1n) is 7.52. The molecule has 0 heterocycles. The number of carbonyl (C=O) groups excluding carboxylic acids is 1. The van der Waals surface area contributed by atoms with E-state index in [1.54, 1.807) is 7.11 Å². The first-order chi connectivity index (χ1) is 10.2. The highest BCUT2D eigenvalue weighted by molar-refractivity contribution is 5.74. The predicted molar refractivity (Wildman–Crippen MR) is 81.5 cm³/mol. The number of amides is 2. The van der Waals surface area contributed by atoms with Gasteiger partial charge < -0.3 is 20.5 Å². The average molecular weight is 292 g/mol. The zero-order valence-corrected chi connectivity index (χ0v) is 12.5. The van der Waals surface area contributed by atoms with Crippen molar-refractivity contribution in [1.29, 1.82) is 0 Å². The number of aliphatic hydroxyl groups excluding tert-OH is 1. The monoisotopic (exact) mass is 292 g/mol. The molecule has 3 N–H and O–H groups in total. The van der Waals surface area contributed by atoms with Crippen LogP contribution < -0.4 is 15.4 Å². The number of urea groups is 1. The maximum atomic E-state index is 11.8. The summed E-state index contributed by atoms with van der Waals surface area (Å²) >= 11 is 0. The SMILES string of the molecule is COc1ccc(CCNC(=O)NC2CCCC(O)C2)cc1. The summed E-state index contributed by atoms with van der Waals surface area (Å²) in [6, 6.07) is 7.76. The Bertz CT molecular complexity index is 447. The van der Waals surface area contributed by atoms with Gasteiger partial charge in [-0.1, -0.05) is 12.1 Å². The largest absolute Gasteiger partial charge is 0.497 e. The van der Waals surface area contributed by atoms with Gasteiger partial charge in [-0.2, -0.15) is 0 Å². The molecule has 2 atom stereocenters. The zero-order valence-electron chi connectivity index (χ0n) is 12.5. The number of hydrogen-bond acceptors (Lipinski definition) is 3. The molecule has 2 rings (SSSR count). The molecule has 1 aromatic carbocycles. The lowest BCUT2D eigenvalue weighted by atomic mass is 9.93. The van der Waals surface area contributed by atoms with Crippen molar-refractivity contribution in [3.63, 3.8) is 0 Å². The third kappa shape index (κ3) is 5.27. The van der Waals surface area contributed by atoms with E-state index in [-0.39, 0.29) is 18.2 Å². The van der Waals surface area contributed by atoms with E-state index >= 15 is 0 Å². The molecule has 0 radical (unpaired) electrons. The molecule has 2 amide bonds. The highest BCUT2D eigenvalue weighted by Crippen LogP contribution is 2.18. The number of rotatable bonds is 5. The number of methoxy groups -OCH3 is 1. The molecule has 1 aliphatic carbocycles. The van der Waals surface area contributed by atoms with Crippen molar-refractivity contribution in [3.8, 4) is 5.75 Å². The van der Waals surface area contributed by atoms with Gasteiger partial charge in [0.25, 0.3) is 0 Å². The van der Waals surface area contributed by atoms with E-state index in [0.29, 0.717) is 13.0 Å². The second-order valence-corrected chi connectivity index (χ2v) is 5.52. The molecule has 5 heteroatoms. The molecular weight excluding hydrogens is 268 g/mol. The van der Waals surface area contributed by atoms with E-state index in [1.807, 2.05) is 24.3 Å². The number of hydrogen-bond donors (Lipinski definition) is 3. The smallest absolute Gasteiger partial charge is 0.315 e. The molecule has 1 aliphatic rings. The van der Waals surface area contributed by atoms with Crippen LogP contribution >= 0.6 is 0 Å². The Labute approximate surface area is 125 Å². The van der Waals surface area contributed by atoms with Crippen LogP contribution in [0.1, 0.15) is 31.2 Å². The van der Waals surface area contributed by atoms with Crippen molar-refractivity contribution in [2.45, 2.75) is 44.2 Å². The van der Waals surface area contributed by atoms with Crippen molar-refractivity contribution in [3.05, 3.63) is 29.8 Å². The van der Waals surface area contributed by atoms with Crippen LogP contribution in [-0.4, -0.2) is 36.9 Å². The van der Waals surface area contributed by atoms with Crippen LogP contribution in [0.5, 0.6) is 5.75 Å². The molecule has 2 unspecified atom stereocenters. The van der Waals surface area contributed by atoms with Crippen LogP contribution in [0.15, 0.2) is 24.3 Å². The predicted octanol–water partition coefficient (Wildman–Crippen LogP) is 1.84. The Morgan fingerprint density at radius 1 is 1.33 bits per heavy atom. The lowest BCUT2D eigenvalue weighted by Gasteiger charge is -2.26. The van der Waals surface area contributed by atoms with E-state index in [2.05, 4.69) is 10.6 Å². The number of benzene rings is 1. The topological polar surface area (TPSA) is 70.6 Å². The molecule has 0 saturated heterocycles. The molecule has 0 bridgehead atoms. The van der Waals surface area contributed by atoms with E-state index < -0.39 is 0 Å². The summed E-state index contributed by atoms with van der Waals surface area (Å²) in [6.07, 6.45) is 3.93. The summed E-state index contributed by atoms with van der Waals surface area (Å²) in [7, 11) is 1.64. The quantitative estimate of drug-likeness (QED) is 0.775. The summed E-state index contributed by atoms with van der Waals surface area (Å²) in [5, 5.41) is 15.4. The van der Waals surface area contributed by atoms with E-state index in [0.717, 1.165) is 37.0 Å². The molecule has 1 aromatic rings. The Morgan fingerprint density at radius 2 is 2.10 bits per heavy atom. The number of nitrogens with one attached hydrogen (secondary N) is 2.